The predicted octanol–water partition coefficient (Wildman–Crippen LogP) is 3.45. The van der Waals surface area contributed by atoms with Gasteiger partial charge in [0.2, 0.25) is 0 Å². The van der Waals surface area contributed by atoms with E-state index in [9.17, 15) is 4.79 Å². The van der Waals surface area contributed by atoms with Crippen LogP contribution in [0.1, 0.15) is 24.2 Å². The summed E-state index contributed by atoms with van der Waals surface area (Å²) in [5, 5.41) is 6.24. The highest BCUT2D eigenvalue weighted by Gasteiger charge is 2.25. The van der Waals surface area contributed by atoms with Crippen LogP contribution < -0.4 is 0 Å². The van der Waals surface area contributed by atoms with E-state index >= 15 is 0 Å². The molecule has 4 aromatic heterocycles. The fraction of sp³-hybridized carbons (Fsp3) is 0.320. The van der Waals surface area contributed by atoms with Gasteiger partial charge in [-0.1, -0.05) is 6.07 Å². The lowest BCUT2D eigenvalue weighted by Gasteiger charge is -2.30. The number of aromatic nitrogens is 5. The molecule has 0 aliphatic carbocycles. The zero-order valence-electron chi connectivity index (χ0n) is 18.2. The largest absolute Gasteiger partial charge is 0.299 e. The maximum absolute atomic E-state index is 13.0. The first-order valence-corrected chi connectivity index (χ1v) is 11.0. The minimum atomic E-state index is 0.107. The van der Waals surface area contributed by atoms with Crippen LogP contribution in [0.4, 0.5) is 0 Å². The molecule has 7 heteroatoms. The quantitative estimate of drug-likeness (QED) is 0.470. The molecule has 1 saturated heterocycles. The van der Waals surface area contributed by atoms with Gasteiger partial charge in [-0.3, -0.25) is 29.3 Å². The van der Waals surface area contributed by atoms with Crippen molar-refractivity contribution in [3.05, 3.63) is 72.7 Å². The van der Waals surface area contributed by atoms with Crippen molar-refractivity contribution in [2.24, 2.45) is 13.0 Å². The Morgan fingerprint density at radius 3 is 2.59 bits per heavy atom. The Hall–Kier alpha value is -3.45. The van der Waals surface area contributed by atoms with Gasteiger partial charge in [-0.25, -0.2) is 0 Å². The van der Waals surface area contributed by atoms with Gasteiger partial charge >= 0.3 is 0 Å². The van der Waals surface area contributed by atoms with Crippen molar-refractivity contribution in [1.29, 1.82) is 0 Å². The minimum Gasteiger partial charge on any atom is -0.299 e. The zero-order chi connectivity index (χ0) is 21.9. The van der Waals surface area contributed by atoms with Crippen LogP contribution in [-0.2, 0) is 24.8 Å². The molecule has 0 spiro atoms. The number of aryl methyl sites for hydroxylation is 1. The van der Waals surface area contributed by atoms with Gasteiger partial charge in [0.05, 0.1) is 17.6 Å². The van der Waals surface area contributed by atoms with Crippen molar-refractivity contribution >= 4 is 16.6 Å². The summed E-state index contributed by atoms with van der Waals surface area (Å²) >= 11 is 0. The molecule has 5 rings (SSSR count). The molecule has 1 aliphatic rings. The summed E-state index contributed by atoms with van der Waals surface area (Å²) in [7, 11) is 1.89. The number of carbonyl (C=O) groups is 1. The lowest BCUT2D eigenvalue weighted by atomic mass is 9.90. The molecule has 5 heterocycles. The first-order valence-electron chi connectivity index (χ1n) is 11.0. The predicted molar refractivity (Wildman–Crippen MR) is 123 cm³/mol. The molecule has 1 aliphatic heterocycles. The van der Waals surface area contributed by atoms with Crippen LogP contribution in [-0.4, -0.2) is 48.5 Å². The van der Waals surface area contributed by atoms with Crippen LogP contribution in [0, 0.1) is 5.92 Å². The highest BCUT2D eigenvalue weighted by atomic mass is 16.1. The molecule has 0 N–H and O–H groups in total. The average Bonchev–Trinajstić information content (AvgIpc) is 3.26. The fourth-order valence-corrected chi connectivity index (χ4v) is 4.35. The minimum absolute atomic E-state index is 0.107. The molecule has 0 bridgehead atoms. The third-order valence-electron chi connectivity index (χ3n) is 6.17. The van der Waals surface area contributed by atoms with Crippen molar-refractivity contribution in [3.63, 3.8) is 0 Å². The van der Waals surface area contributed by atoms with Crippen molar-refractivity contribution < 1.29 is 4.79 Å². The van der Waals surface area contributed by atoms with E-state index in [1.807, 2.05) is 56.1 Å². The normalized spacial score (nSPS) is 15.3. The number of likely N-dealkylation sites (tertiary alicyclic amines) is 1. The number of hydrogen-bond donors (Lipinski definition) is 0. The molecule has 1 fully saturated rings. The Balaban J connectivity index is 1.22. The molecular weight excluding hydrogens is 400 g/mol. The van der Waals surface area contributed by atoms with Gasteiger partial charge in [-0.2, -0.15) is 5.10 Å². The van der Waals surface area contributed by atoms with Crippen LogP contribution in [0.3, 0.4) is 0 Å². The molecule has 0 radical (unpaired) electrons. The van der Waals surface area contributed by atoms with Crippen LogP contribution >= 0.6 is 0 Å². The number of pyridine rings is 3. The second-order valence-corrected chi connectivity index (χ2v) is 8.51. The van der Waals surface area contributed by atoms with Gasteiger partial charge in [0.15, 0.2) is 0 Å². The first-order chi connectivity index (χ1) is 15.6. The summed E-state index contributed by atoms with van der Waals surface area (Å²) in [4.78, 5) is 28.8. The third-order valence-corrected chi connectivity index (χ3v) is 6.17. The Labute approximate surface area is 187 Å². The molecular formula is C25H26N6O. The third kappa shape index (κ3) is 4.57. The van der Waals surface area contributed by atoms with Crippen LogP contribution in [0.2, 0.25) is 0 Å². The van der Waals surface area contributed by atoms with E-state index in [1.54, 1.807) is 10.9 Å². The summed E-state index contributed by atoms with van der Waals surface area (Å²) in [6.45, 7) is 2.71. The molecule has 162 valence electrons. The molecule has 0 amide bonds. The maximum Gasteiger partial charge on any atom is 0.142 e. The number of piperidine rings is 1. The molecule has 0 atom stereocenters. The number of carbonyl (C=O) groups excluding carboxylic acids is 1. The summed E-state index contributed by atoms with van der Waals surface area (Å²) in [6.07, 6.45) is 11.4. The van der Waals surface area contributed by atoms with Gasteiger partial charge in [-0.15, -0.1) is 0 Å². The molecule has 0 unspecified atom stereocenters. The van der Waals surface area contributed by atoms with E-state index in [0.717, 1.165) is 65.9 Å². The SMILES string of the molecule is Cn1cc(-c2cc3cc(CC(=O)C4CCN(Cc5ccccn5)CC4)ncc3cn2)cn1. The topological polar surface area (TPSA) is 76.8 Å². The Bertz CT molecular complexity index is 1230. The summed E-state index contributed by atoms with van der Waals surface area (Å²) < 4.78 is 1.76. The fourth-order valence-electron chi connectivity index (χ4n) is 4.35. The maximum atomic E-state index is 13.0. The van der Waals surface area contributed by atoms with E-state index in [2.05, 4.69) is 31.0 Å². The van der Waals surface area contributed by atoms with E-state index in [-0.39, 0.29) is 11.7 Å². The number of Topliss-reactive ketones (excluding diaryl/α,β-unsaturated/α-hetero) is 1. The smallest absolute Gasteiger partial charge is 0.142 e. The molecule has 0 saturated carbocycles. The van der Waals surface area contributed by atoms with Crippen LogP contribution in [0.15, 0.2) is 61.3 Å². The Morgan fingerprint density at radius 2 is 1.84 bits per heavy atom. The second-order valence-electron chi connectivity index (χ2n) is 8.51. The number of hydrogen-bond acceptors (Lipinski definition) is 6. The number of rotatable bonds is 6. The van der Waals surface area contributed by atoms with E-state index < -0.39 is 0 Å². The van der Waals surface area contributed by atoms with Crippen molar-refractivity contribution in [2.45, 2.75) is 25.8 Å². The summed E-state index contributed by atoms with van der Waals surface area (Å²) in [6, 6.07) is 10.1. The number of ketones is 1. The zero-order valence-corrected chi connectivity index (χ0v) is 18.2. The van der Waals surface area contributed by atoms with Crippen molar-refractivity contribution in [3.8, 4) is 11.3 Å². The van der Waals surface area contributed by atoms with Crippen LogP contribution in [0.25, 0.3) is 22.0 Å². The van der Waals surface area contributed by atoms with Gasteiger partial charge in [0.1, 0.15) is 5.78 Å². The van der Waals surface area contributed by atoms with Gasteiger partial charge in [0.25, 0.3) is 0 Å². The van der Waals surface area contributed by atoms with Crippen molar-refractivity contribution in [2.75, 3.05) is 13.1 Å². The second kappa shape index (κ2) is 8.96. The molecule has 4 aromatic rings. The van der Waals surface area contributed by atoms with Gasteiger partial charge < -0.3 is 0 Å². The van der Waals surface area contributed by atoms with E-state index in [1.165, 1.54) is 0 Å². The van der Waals surface area contributed by atoms with E-state index in [0.29, 0.717) is 6.42 Å². The molecule has 7 nitrogen and oxygen atoms in total. The van der Waals surface area contributed by atoms with Crippen molar-refractivity contribution in [1.82, 2.24) is 29.6 Å². The molecule has 32 heavy (non-hydrogen) atoms. The Kier molecular flexibility index (Phi) is 5.73. The van der Waals surface area contributed by atoms with Crippen LogP contribution in [0.5, 0.6) is 0 Å². The Morgan fingerprint density at radius 1 is 1.00 bits per heavy atom. The highest BCUT2D eigenvalue weighted by molar-refractivity contribution is 5.87. The summed E-state index contributed by atoms with van der Waals surface area (Å²) in [5.41, 5.74) is 3.75. The average molecular weight is 427 g/mol. The highest BCUT2D eigenvalue weighted by Crippen LogP contribution is 2.24. The standard InChI is InChI=1S/C25H26N6O/c1-30-16-21(15-29-30)24-11-19-10-23(27-13-20(19)14-28-24)12-25(32)18-5-8-31(9-6-18)17-22-4-2-3-7-26-22/h2-4,7,10-11,13-16,18H,5-6,8-9,12,17H2,1H3. The van der Waals surface area contributed by atoms with E-state index in [4.69, 9.17) is 0 Å². The lowest BCUT2D eigenvalue weighted by molar-refractivity contribution is -0.123. The lowest BCUT2D eigenvalue weighted by Crippen LogP contribution is -2.36. The summed E-state index contributed by atoms with van der Waals surface area (Å²) in [5.74, 6) is 0.395. The first kappa shape index (κ1) is 20.5. The monoisotopic (exact) mass is 426 g/mol. The molecule has 0 aromatic carbocycles. The number of fused-ring (bicyclic) bond motifs is 1. The number of nitrogens with zero attached hydrogens (tertiary/aromatic N) is 6. The van der Waals surface area contributed by atoms with Gasteiger partial charge in [0, 0.05) is 67.4 Å². The van der Waals surface area contributed by atoms with Gasteiger partial charge in [-0.05, 0) is 55.6 Å².